The second-order valence-corrected chi connectivity index (χ2v) is 2.94. The Morgan fingerprint density at radius 3 is 2.86 bits per heavy atom. The molecule has 0 bridgehead atoms. The Bertz CT molecular complexity index is 347. The Hall–Kier alpha value is -1.58. The Morgan fingerprint density at radius 2 is 2.29 bits per heavy atom. The summed E-state index contributed by atoms with van der Waals surface area (Å²) in [7, 11) is 0. The van der Waals surface area contributed by atoms with E-state index in [1.807, 2.05) is 13.8 Å². The van der Waals surface area contributed by atoms with E-state index in [1.165, 1.54) is 12.1 Å². The summed E-state index contributed by atoms with van der Waals surface area (Å²) >= 11 is 0. The molecule has 0 aliphatic rings. The van der Waals surface area contributed by atoms with E-state index in [2.05, 4.69) is 10.3 Å². The van der Waals surface area contributed by atoms with E-state index in [1.54, 1.807) is 6.07 Å². The summed E-state index contributed by atoms with van der Waals surface area (Å²) in [5.41, 5.74) is 7.15. The lowest BCUT2D eigenvalue weighted by atomic mass is 10.2. The minimum Gasteiger partial charge on any atom is -0.370 e. The van der Waals surface area contributed by atoms with Crippen molar-refractivity contribution in [2.75, 3.05) is 11.9 Å². The number of nitrogens with one attached hydrogen (secondary N) is 1. The molecule has 1 aromatic carbocycles. The topological polar surface area (TPSA) is 50.4 Å². The van der Waals surface area contributed by atoms with Gasteiger partial charge in [-0.1, -0.05) is 0 Å². The summed E-state index contributed by atoms with van der Waals surface area (Å²) in [4.78, 5) is 3.97. The molecule has 14 heavy (non-hydrogen) atoms. The van der Waals surface area contributed by atoms with Crippen molar-refractivity contribution in [1.82, 2.24) is 0 Å². The van der Waals surface area contributed by atoms with Crippen molar-refractivity contribution in [3.05, 3.63) is 29.6 Å². The molecule has 76 valence electrons. The Labute approximate surface area is 82.8 Å². The molecule has 0 aliphatic carbocycles. The molecular weight excluding hydrogens is 181 g/mol. The quantitative estimate of drug-likeness (QED) is 0.559. The van der Waals surface area contributed by atoms with Crippen LogP contribution in [0.5, 0.6) is 0 Å². The molecule has 1 aromatic rings. The lowest BCUT2D eigenvalue weighted by Crippen LogP contribution is -2.23. The normalized spacial score (nSPS) is 11.5. The van der Waals surface area contributed by atoms with Crippen LogP contribution in [-0.2, 0) is 0 Å². The number of halogens is 1. The zero-order valence-electron chi connectivity index (χ0n) is 8.34. The van der Waals surface area contributed by atoms with Gasteiger partial charge in [0.15, 0.2) is 5.96 Å². The van der Waals surface area contributed by atoms with E-state index < -0.39 is 0 Å². The number of benzene rings is 1. The molecule has 0 amide bonds. The summed E-state index contributed by atoms with van der Waals surface area (Å²) in [5, 5.41) is 2.90. The number of aliphatic imine (C=N–C) groups is 1. The van der Waals surface area contributed by atoms with Gasteiger partial charge in [-0.15, -0.1) is 0 Å². The SMILES string of the molecule is CCN=C(N)Nc1ccc(F)cc1C. The van der Waals surface area contributed by atoms with E-state index in [-0.39, 0.29) is 5.82 Å². The number of hydrogen-bond donors (Lipinski definition) is 2. The van der Waals surface area contributed by atoms with Gasteiger partial charge in [0.1, 0.15) is 5.82 Å². The molecule has 0 spiro atoms. The first-order chi connectivity index (χ1) is 6.63. The molecule has 4 heteroatoms. The van der Waals surface area contributed by atoms with Crippen LogP contribution in [0.4, 0.5) is 10.1 Å². The lowest BCUT2D eigenvalue weighted by Gasteiger charge is -2.08. The molecule has 0 aliphatic heterocycles. The first-order valence-corrected chi connectivity index (χ1v) is 4.46. The van der Waals surface area contributed by atoms with Crippen molar-refractivity contribution in [1.29, 1.82) is 0 Å². The molecule has 3 N–H and O–H groups in total. The second-order valence-electron chi connectivity index (χ2n) is 2.94. The summed E-state index contributed by atoms with van der Waals surface area (Å²) < 4.78 is 12.7. The highest BCUT2D eigenvalue weighted by Gasteiger charge is 2.00. The molecule has 3 nitrogen and oxygen atoms in total. The van der Waals surface area contributed by atoms with Crippen molar-refractivity contribution in [3.63, 3.8) is 0 Å². The third-order valence-electron chi connectivity index (χ3n) is 1.78. The molecule has 0 saturated heterocycles. The summed E-state index contributed by atoms with van der Waals surface area (Å²) in [5.74, 6) is 0.0984. The maximum absolute atomic E-state index is 12.7. The number of aryl methyl sites for hydroxylation is 1. The first-order valence-electron chi connectivity index (χ1n) is 4.46. The molecule has 0 saturated carbocycles. The minimum atomic E-state index is -0.251. The van der Waals surface area contributed by atoms with Gasteiger partial charge >= 0.3 is 0 Å². The van der Waals surface area contributed by atoms with Crippen LogP contribution in [-0.4, -0.2) is 12.5 Å². The summed E-state index contributed by atoms with van der Waals surface area (Å²) in [6, 6.07) is 4.47. The third-order valence-corrected chi connectivity index (χ3v) is 1.78. The van der Waals surface area contributed by atoms with Gasteiger partial charge in [-0.25, -0.2) is 4.39 Å². The fourth-order valence-electron chi connectivity index (χ4n) is 1.12. The fraction of sp³-hybridized carbons (Fsp3) is 0.300. The van der Waals surface area contributed by atoms with Gasteiger partial charge in [-0.3, -0.25) is 4.99 Å². The first kappa shape index (κ1) is 10.5. The maximum atomic E-state index is 12.7. The molecule has 0 fully saturated rings. The van der Waals surface area contributed by atoms with Crippen molar-refractivity contribution in [2.45, 2.75) is 13.8 Å². The van der Waals surface area contributed by atoms with Gasteiger partial charge in [-0.05, 0) is 37.6 Å². The molecule has 1 rings (SSSR count). The summed E-state index contributed by atoms with van der Waals surface area (Å²) in [6.07, 6.45) is 0. The maximum Gasteiger partial charge on any atom is 0.193 e. The standard InChI is InChI=1S/C10H14FN3/c1-3-13-10(12)14-9-5-4-8(11)6-7(9)2/h4-6H,3H2,1-2H3,(H3,12,13,14). The molecular formula is C10H14FN3. The van der Waals surface area contributed by atoms with Crippen molar-refractivity contribution in [2.24, 2.45) is 10.7 Å². The van der Waals surface area contributed by atoms with Crippen LogP contribution in [0.25, 0.3) is 0 Å². The number of rotatable bonds is 2. The van der Waals surface area contributed by atoms with Gasteiger partial charge < -0.3 is 11.1 Å². The number of anilines is 1. The number of guanidine groups is 1. The molecule has 0 aromatic heterocycles. The third kappa shape index (κ3) is 2.73. The fourth-order valence-corrected chi connectivity index (χ4v) is 1.12. The average Bonchev–Trinajstić information content (AvgIpc) is 2.10. The largest absolute Gasteiger partial charge is 0.370 e. The monoisotopic (exact) mass is 195 g/mol. The van der Waals surface area contributed by atoms with Crippen molar-refractivity contribution in [3.8, 4) is 0 Å². The summed E-state index contributed by atoms with van der Waals surface area (Å²) in [6.45, 7) is 4.33. The Kier molecular flexibility index (Phi) is 3.45. The van der Waals surface area contributed by atoms with Crippen LogP contribution >= 0.6 is 0 Å². The number of hydrogen-bond acceptors (Lipinski definition) is 1. The van der Waals surface area contributed by atoms with Crippen molar-refractivity contribution >= 4 is 11.6 Å². The van der Waals surface area contributed by atoms with Crippen LogP contribution in [0.3, 0.4) is 0 Å². The van der Waals surface area contributed by atoms with Gasteiger partial charge in [0.25, 0.3) is 0 Å². The highest BCUT2D eigenvalue weighted by molar-refractivity contribution is 5.92. The zero-order valence-corrected chi connectivity index (χ0v) is 8.34. The van der Waals surface area contributed by atoms with E-state index in [0.29, 0.717) is 12.5 Å². The molecule has 0 heterocycles. The van der Waals surface area contributed by atoms with E-state index in [4.69, 9.17) is 5.73 Å². The second kappa shape index (κ2) is 4.60. The minimum absolute atomic E-state index is 0.251. The smallest absolute Gasteiger partial charge is 0.193 e. The number of nitrogens with two attached hydrogens (primary N) is 1. The van der Waals surface area contributed by atoms with Crippen LogP contribution in [0, 0.1) is 12.7 Å². The van der Waals surface area contributed by atoms with E-state index >= 15 is 0 Å². The van der Waals surface area contributed by atoms with E-state index in [9.17, 15) is 4.39 Å². The molecule has 0 radical (unpaired) electrons. The predicted octanol–water partition coefficient (Wildman–Crippen LogP) is 1.88. The molecule has 0 atom stereocenters. The molecule has 0 unspecified atom stereocenters. The van der Waals surface area contributed by atoms with Crippen LogP contribution < -0.4 is 11.1 Å². The predicted molar refractivity (Wildman–Crippen MR) is 56.9 cm³/mol. The zero-order chi connectivity index (χ0) is 10.6. The highest BCUT2D eigenvalue weighted by Crippen LogP contribution is 2.14. The average molecular weight is 195 g/mol. The van der Waals surface area contributed by atoms with Gasteiger partial charge in [0.05, 0.1) is 0 Å². The van der Waals surface area contributed by atoms with Crippen LogP contribution in [0.2, 0.25) is 0 Å². The highest BCUT2D eigenvalue weighted by atomic mass is 19.1. The van der Waals surface area contributed by atoms with Gasteiger partial charge in [-0.2, -0.15) is 0 Å². The Balaban J connectivity index is 2.82. The Morgan fingerprint density at radius 1 is 1.57 bits per heavy atom. The van der Waals surface area contributed by atoms with Gasteiger partial charge in [0, 0.05) is 12.2 Å². The van der Waals surface area contributed by atoms with Gasteiger partial charge in [0.2, 0.25) is 0 Å². The van der Waals surface area contributed by atoms with Crippen LogP contribution in [0.15, 0.2) is 23.2 Å². The lowest BCUT2D eigenvalue weighted by molar-refractivity contribution is 0.627. The number of nitrogens with zero attached hydrogens (tertiary/aromatic N) is 1. The van der Waals surface area contributed by atoms with Crippen molar-refractivity contribution < 1.29 is 4.39 Å². The van der Waals surface area contributed by atoms with E-state index in [0.717, 1.165) is 11.3 Å². The van der Waals surface area contributed by atoms with Crippen LogP contribution in [0.1, 0.15) is 12.5 Å².